The summed E-state index contributed by atoms with van der Waals surface area (Å²) in [5.41, 5.74) is -0.215. The maximum Gasteiger partial charge on any atom is 0.416 e. The van der Waals surface area contributed by atoms with Crippen LogP contribution in [0.2, 0.25) is 0 Å². The summed E-state index contributed by atoms with van der Waals surface area (Å²) in [6.45, 7) is 3.84. The fourth-order valence-electron chi connectivity index (χ4n) is 3.21. The van der Waals surface area contributed by atoms with Crippen LogP contribution in [-0.2, 0) is 12.7 Å². The molecule has 1 saturated heterocycles. The average Bonchev–Trinajstić information content (AvgIpc) is 3.14. The number of guanidine groups is 1. The van der Waals surface area contributed by atoms with E-state index in [2.05, 4.69) is 20.6 Å². The highest BCUT2D eigenvalue weighted by Gasteiger charge is 2.30. The van der Waals surface area contributed by atoms with Crippen molar-refractivity contribution in [3.63, 3.8) is 0 Å². The Kier molecular flexibility index (Phi) is 8.68. The van der Waals surface area contributed by atoms with Crippen molar-refractivity contribution in [2.24, 2.45) is 4.99 Å². The lowest BCUT2D eigenvalue weighted by atomic mass is 10.1. The van der Waals surface area contributed by atoms with Crippen LogP contribution in [-0.4, -0.2) is 36.6 Å². The summed E-state index contributed by atoms with van der Waals surface area (Å²) in [6, 6.07) is 8.09. The number of halogens is 5. The van der Waals surface area contributed by atoms with Gasteiger partial charge < -0.3 is 15.5 Å². The quantitative estimate of drug-likeness (QED) is 0.260. The molecule has 0 amide bonds. The van der Waals surface area contributed by atoms with Crippen LogP contribution in [0.15, 0.2) is 47.6 Å². The van der Waals surface area contributed by atoms with Gasteiger partial charge in [-0.05, 0) is 43.2 Å². The van der Waals surface area contributed by atoms with Crippen LogP contribution in [0.4, 0.5) is 23.4 Å². The molecule has 0 saturated carbocycles. The van der Waals surface area contributed by atoms with Gasteiger partial charge in [0.1, 0.15) is 0 Å². The first-order chi connectivity index (χ1) is 13.9. The predicted octanol–water partition coefficient (Wildman–Crippen LogP) is 4.19. The molecule has 1 aromatic carbocycles. The summed E-state index contributed by atoms with van der Waals surface area (Å²) in [6.07, 6.45) is -2.06. The Morgan fingerprint density at radius 2 is 2.07 bits per heavy atom. The second-order valence-electron chi connectivity index (χ2n) is 6.78. The van der Waals surface area contributed by atoms with Gasteiger partial charge in [0.15, 0.2) is 17.6 Å². The fourth-order valence-corrected chi connectivity index (χ4v) is 3.21. The third-order valence-electron chi connectivity index (χ3n) is 4.59. The van der Waals surface area contributed by atoms with Gasteiger partial charge in [-0.1, -0.05) is 12.1 Å². The van der Waals surface area contributed by atoms with Crippen LogP contribution in [0.3, 0.4) is 0 Å². The molecule has 10 heteroatoms. The summed E-state index contributed by atoms with van der Waals surface area (Å²) in [4.78, 5) is 10.4. The number of pyridine rings is 1. The summed E-state index contributed by atoms with van der Waals surface area (Å²) in [5.74, 6) is 0.472. The van der Waals surface area contributed by atoms with E-state index in [0.29, 0.717) is 37.0 Å². The van der Waals surface area contributed by atoms with Gasteiger partial charge in [-0.15, -0.1) is 24.0 Å². The van der Waals surface area contributed by atoms with Crippen LogP contribution in [0.1, 0.15) is 24.5 Å². The second-order valence-corrected chi connectivity index (χ2v) is 6.78. The smallest absolute Gasteiger partial charge is 0.357 e. The average molecular weight is 537 g/mol. The van der Waals surface area contributed by atoms with Gasteiger partial charge >= 0.3 is 6.18 Å². The van der Waals surface area contributed by atoms with E-state index in [1.54, 1.807) is 18.3 Å². The zero-order chi connectivity index (χ0) is 20.9. The van der Waals surface area contributed by atoms with Gasteiger partial charge in [0.05, 0.1) is 12.1 Å². The Morgan fingerprint density at radius 1 is 1.27 bits per heavy atom. The summed E-state index contributed by atoms with van der Waals surface area (Å²) >= 11 is 0. The van der Waals surface area contributed by atoms with Crippen LogP contribution in [0.5, 0.6) is 0 Å². The number of alkyl halides is 3. The molecule has 0 aliphatic carbocycles. The highest BCUT2D eigenvalue weighted by atomic mass is 127. The lowest BCUT2D eigenvalue weighted by molar-refractivity contribution is -0.137. The Bertz CT molecular complexity index is 859. The highest BCUT2D eigenvalue weighted by Crippen LogP contribution is 2.29. The first-order valence-corrected chi connectivity index (χ1v) is 9.43. The molecule has 1 atom stereocenters. The normalized spacial score (nSPS) is 16.9. The minimum absolute atomic E-state index is 0. The Morgan fingerprint density at radius 3 is 2.77 bits per heavy atom. The molecule has 1 aromatic heterocycles. The van der Waals surface area contributed by atoms with Crippen molar-refractivity contribution < 1.29 is 17.6 Å². The molecule has 1 unspecified atom stereocenters. The molecule has 1 aliphatic rings. The number of hydrogen-bond acceptors (Lipinski definition) is 3. The molecule has 3 rings (SSSR count). The van der Waals surface area contributed by atoms with Gasteiger partial charge in [-0.2, -0.15) is 13.2 Å². The molecule has 30 heavy (non-hydrogen) atoms. The summed E-state index contributed by atoms with van der Waals surface area (Å²) in [5, 5.41) is 6.37. The maximum absolute atomic E-state index is 13.9. The zero-order valence-electron chi connectivity index (χ0n) is 16.4. The van der Waals surface area contributed by atoms with E-state index < -0.39 is 11.7 Å². The number of benzene rings is 1. The maximum atomic E-state index is 13.9. The SMILES string of the molecule is CCNC(=NCc1cccc(C(F)(F)F)c1)NC1CCN(c2ncccc2F)C1.I. The van der Waals surface area contributed by atoms with Gasteiger partial charge in [0.2, 0.25) is 0 Å². The minimum atomic E-state index is -4.38. The van der Waals surface area contributed by atoms with E-state index in [0.717, 1.165) is 18.6 Å². The van der Waals surface area contributed by atoms with Crippen molar-refractivity contribution in [3.05, 3.63) is 59.5 Å². The summed E-state index contributed by atoms with van der Waals surface area (Å²) in [7, 11) is 0. The van der Waals surface area contributed by atoms with Crippen molar-refractivity contribution in [1.82, 2.24) is 15.6 Å². The van der Waals surface area contributed by atoms with Crippen LogP contribution >= 0.6 is 24.0 Å². The number of aromatic nitrogens is 1. The monoisotopic (exact) mass is 537 g/mol. The standard InChI is InChI=1S/C20H23F4N5.HI/c1-2-25-19(27-12-14-5-3-6-15(11-14)20(22,23)24)28-16-8-10-29(13-16)18-17(21)7-4-9-26-18;/h3-7,9,11,16H,2,8,10,12-13H2,1H3,(H2,25,27,28);1H. The molecule has 2 N–H and O–H groups in total. The molecular weight excluding hydrogens is 513 g/mol. The first kappa shape index (κ1) is 24.2. The Hall–Kier alpha value is -2.11. The van der Waals surface area contributed by atoms with Crippen molar-refractivity contribution in [3.8, 4) is 0 Å². The lowest BCUT2D eigenvalue weighted by Gasteiger charge is -2.20. The Labute approximate surface area is 190 Å². The van der Waals surface area contributed by atoms with E-state index in [-0.39, 0.29) is 42.4 Å². The van der Waals surface area contributed by atoms with E-state index in [9.17, 15) is 17.6 Å². The first-order valence-electron chi connectivity index (χ1n) is 9.43. The Balaban J connectivity index is 0.00000320. The van der Waals surface area contributed by atoms with Crippen molar-refractivity contribution in [2.75, 3.05) is 24.5 Å². The second kappa shape index (κ2) is 10.8. The summed E-state index contributed by atoms with van der Waals surface area (Å²) < 4.78 is 52.5. The third-order valence-corrected chi connectivity index (χ3v) is 4.59. The molecule has 2 heterocycles. The van der Waals surface area contributed by atoms with Crippen molar-refractivity contribution >= 4 is 35.8 Å². The minimum Gasteiger partial charge on any atom is -0.357 e. The number of nitrogens with one attached hydrogen (secondary N) is 2. The number of hydrogen-bond donors (Lipinski definition) is 2. The predicted molar refractivity (Wildman–Crippen MR) is 120 cm³/mol. The fraction of sp³-hybridized carbons (Fsp3) is 0.400. The molecule has 0 bridgehead atoms. The van der Waals surface area contributed by atoms with Crippen LogP contribution < -0.4 is 15.5 Å². The number of aliphatic imine (C=N–C) groups is 1. The number of rotatable bonds is 5. The molecule has 0 radical (unpaired) electrons. The highest BCUT2D eigenvalue weighted by molar-refractivity contribution is 14.0. The van der Waals surface area contributed by atoms with E-state index in [1.165, 1.54) is 12.1 Å². The lowest BCUT2D eigenvalue weighted by Crippen LogP contribution is -2.44. The molecule has 1 fully saturated rings. The molecule has 2 aromatic rings. The molecule has 1 aliphatic heterocycles. The zero-order valence-corrected chi connectivity index (χ0v) is 18.7. The van der Waals surface area contributed by atoms with Gasteiger partial charge in [-0.3, -0.25) is 0 Å². The molecule has 5 nitrogen and oxygen atoms in total. The van der Waals surface area contributed by atoms with E-state index in [1.807, 2.05) is 11.8 Å². The van der Waals surface area contributed by atoms with E-state index >= 15 is 0 Å². The van der Waals surface area contributed by atoms with Crippen LogP contribution in [0.25, 0.3) is 0 Å². The molecule has 164 valence electrons. The van der Waals surface area contributed by atoms with Gasteiger partial charge in [0, 0.05) is 31.9 Å². The van der Waals surface area contributed by atoms with Crippen LogP contribution in [0, 0.1) is 5.82 Å². The van der Waals surface area contributed by atoms with Gasteiger partial charge in [0.25, 0.3) is 0 Å². The molecule has 0 spiro atoms. The van der Waals surface area contributed by atoms with Crippen molar-refractivity contribution in [2.45, 2.75) is 32.1 Å². The van der Waals surface area contributed by atoms with Crippen molar-refractivity contribution in [1.29, 1.82) is 0 Å². The van der Waals surface area contributed by atoms with Gasteiger partial charge in [-0.25, -0.2) is 14.4 Å². The largest absolute Gasteiger partial charge is 0.416 e. The van der Waals surface area contributed by atoms with E-state index in [4.69, 9.17) is 0 Å². The molecular formula is C20H24F4IN5. The number of anilines is 1. The number of nitrogens with zero attached hydrogens (tertiary/aromatic N) is 3. The topological polar surface area (TPSA) is 52.6 Å². The third kappa shape index (κ3) is 6.44.